The van der Waals surface area contributed by atoms with Crippen LogP contribution in [0.1, 0.15) is 23.4 Å². The minimum atomic E-state index is 0.113. The van der Waals surface area contributed by atoms with Crippen molar-refractivity contribution in [2.24, 2.45) is 0 Å². The summed E-state index contributed by atoms with van der Waals surface area (Å²) in [5, 5.41) is 12.4. The molecule has 1 aliphatic rings. The van der Waals surface area contributed by atoms with E-state index in [9.17, 15) is 4.79 Å². The molecule has 2 N–H and O–H groups in total. The van der Waals surface area contributed by atoms with Crippen LogP contribution in [0.3, 0.4) is 0 Å². The predicted molar refractivity (Wildman–Crippen MR) is 100 cm³/mol. The van der Waals surface area contributed by atoms with E-state index in [0.717, 1.165) is 53.7 Å². The number of aryl methyl sites for hydroxylation is 3. The Kier molecular flexibility index (Phi) is 4.59. The largest absolute Gasteiger partial charge is 0.312 e. The zero-order valence-electron chi connectivity index (χ0n) is 14.2. The molecular formula is C18H21N5OS. The molecule has 0 amide bonds. The van der Waals surface area contributed by atoms with Crippen LogP contribution in [0, 0.1) is 6.92 Å². The molecule has 3 aromatic rings. The van der Waals surface area contributed by atoms with Crippen LogP contribution in [0.5, 0.6) is 0 Å². The third kappa shape index (κ3) is 3.34. The predicted octanol–water partition coefficient (Wildman–Crippen LogP) is 2.26. The molecule has 0 radical (unpaired) electrons. The summed E-state index contributed by atoms with van der Waals surface area (Å²) >= 11 is 1.62. The smallest absolute Gasteiger partial charge is 0.251 e. The van der Waals surface area contributed by atoms with Crippen molar-refractivity contribution in [1.82, 2.24) is 25.1 Å². The summed E-state index contributed by atoms with van der Waals surface area (Å²) in [6.45, 7) is 4.25. The van der Waals surface area contributed by atoms with Crippen LogP contribution >= 0.6 is 11.8 Å². The van der Waals surface area contributed by atoms with Crippen molar-refractivity contribution in [3.63, 3.8) is 0 Å². The molecule has 130 valence electrons. The lowest BCUT2D eigenvalue weighted by Gasteiger charge is -2.21. The first-order valence-electron chi connectivity index (χ1n) is 8.59. The first kappa shape index (κ1) is 16.4. The second-order valence-electron chi connectivity index (χ2n) is 6.30. The molecular weight excluding hydrogens is 334 g/mol. The van der Waals surface area contributed by atoms with Crippen molar-refractivity contribution in [2.45, 2.75) is 38.0 Å². The first-order chi connectivity index (χ1) is 12.2. The molecule has 0 bridgehead atoms. The lowest BCUT2D eigenvalue weighted by molar-refractivity contribution is 0.613. The average Bonchev–Trinajstić information content (AvgIpc) is 3.04. The number of benzene rings is 1. The Morgan fingerprint density at radius 1 is 1.40 bits per heavy atom. The van der Waals surface area contributed by atoms with Crippen molar-refractivity contribution in [2.75, 3.05) is 12.3 Å². The van der Waals surface area contributed by atoms with Gasteiger partial charge in [0.1, 0.15) is 5.82 Å². The van der Waals surface area contributed by atoms with Gasteiger partial charge in [0.15, 0.2) is 0 Å². The van der Waals surface area contributed by atoms with E-state index in [4.69, 9.17) is 0 Å². The van der Waals surface area contributed by atoms with Gasteiger partial charge in [0.05, 0.1) is 5.52 Å². The fourth-order valence-electron chi connectivity index (χ4n) is 3.41. The zero-order valence-corrected chi connectivity index (χ0v) is 15.0. The van der Waals surface area contributed by atoms with E-state index >= 15 is 0 Å². The third-order valence-electron chi connectivity index (χ3n) is 4.53. The second-order valence-corrected chi connectivity index (χ2v) is 7.37. The van der Waals surface area contributed by atoms with Crippen molar-refractivity contribution in [1.29, 1.82) is 0 Å². The van der Waals surface area contributed by atoms with Crippen LogP contribution in [0.25, 0.3) is 10.9 Å². The number of nitrogens with zero attached hydrogens (tertiary/aromatic N) is 3. The van der Waals surface area contributed by atoms with E-state index in [1.807, 2.05) is 11.5 Å². The molecule has 6 nitrogen and oxygen atoms in total. The molecule has 2 aromatic heterocycles. The van der Waals surface area contributed by atoms with Gasteiger partial charge in [-0.1, -0.05) is 30.0 Å². The van der Waals surface area contributed by atoms with E-state index < -0.39 is 0 Å². The molecule has 4 rings (SSSR count). The van der Waals surface area contributed by atoms with E-state index in [1.165, 1.54) is 10.9 Å². The Morgan fingerprint density at radius 3 is 3.16 bits per heavy atom. The van der Waals surface area contributed by atoms with Gasteiger partial charge in [0.25, 0.3) is 5.56 Å². The molecule has 1 aromatic carbocycles. The number of para-hydroxylation sites is 1. The number of aromatic amines is 1. The summed E-state index contributed by atoms with van der Waals surface area (Å²) in [6.07, 6.45) is 2.10. The number of aromatic nitrogens is 4. The highest BCUT2D eigenvalue weighted by Crippen LogP contribution is 2.25. The molecule has 0 aliphatic carbocycles. The van der Waals surface area contributed by atoms with Gasteiger partial charge in [-0.15, -0.1) is 5.10 Å². The molecule has 0 unspecified atom stereocenters. The lowest BCUT2D eigenvalue weighted by atomic mass is 9.98. The first-order valence-corrected chi connectivity index (χ1v) is 9.58. The van der Waals surface area contributed by atoms with E-state index in [-0.39, 0.29) is 5.56 Å². The molecule has 0 fully saturated rings. The molecule has 1 aliphatic heterocycles. The van der Waals surface area contributed by atoms with Gasteiger partial charge < -0.3 is 9.88 Å². The SMILES string of the molecule is Cc1nc(SCCNCc2cc(=O)n3c4c(cccc24)CCC3)n[nH]1. The summed E-state index contributed by atoms with van der Waals surface area (Å²) in [5.74, 6) is 1.72. The Morgan fingerprint density at radius 2 is 2.32 bits per heavy atom. The van der Waals surface area contributed by atoms with E-state index in [1.54, 1.807) is 17.8 Å². The van der Waals surface area contributed by atoms with Crippen LogP contribution in [0.4, 0.5) is 0 Å². The monoisotopic (exact) mass is 355 g/mol. The Balaban J connectivity index is 1.45. The zero-order chi connectivity index (χ0) is 17.2. The summed E-state index contributed by atoms with van der Waals surface area (Å²) in [4.78, 5) is 16.7. The highest BCUT2D eigenvalue weighted by Gasteiger charge is 2.15. The van der Waals surface area contributed by atoms with Crippen molar-refractivity contribution >= 4 is 22.7 Å². The summed E-state index contributed by atoms with van der Waals surface area (Å²) in [6, 6.07) is 8.16. The highest BCUT2D eigenvalue weighted by atomic mass is 32.2. The number of hydrogen-bond acceptors (Lipinski definition) is 5. The van der Waals surface area contributed by atoms with E-state index in [0.29, 0.717) is 6.54 Å². The van der Waals surface area contributed by atoms with Gasteiger partial charge >= 0.3 is 0 Å². The quantitative estimate of drug-likeness (QED) is 0.524. The van der Waals surface area contributed by atoms with Gasteiger partial charge in [-0.3, -0.25) is 9.89 Å². The standard InChI is InChI=1S/C18H21N5OS/c1-12-20-18(22-21-12)25-9-7-19-11-14-10-16(24)23-8-3-5-13-4-2-6-15(14)17(13)23/h2,4,6,10,19H,3,5,7-9,11H2,1H3,(H,20,21,22). The number of pyridine rings is 1. The van der Waals surface area contributed by atoms with Crippen LogP contribution in [-0.4, -0.2) is 32.0 Å². The molecule has 7 heteroatoms. The molecule has 0 spiro atoms. The molecule has 3 heterocycles. The number of rotatable bonds is 6. The van der Waals surface area contributed by atoms with Crippen LogP contribution in [0.15, 0.2) is 34.2 Å². The number of hydrogen-bond donors (Lipinski definition) is 2. The van der Waals surface area contributed by atoms with Crippen LogP contribution < -0.4 is 10.9 Å². The third-order valence-corrected chi connectivity index (χ3v) is 5.38. The maximum Gasteiger partial charge on any atom is 0.251 e. The Bertz CT molecular complexity index is 962. The van der Waals surface area contributed by atoms with Gasteiger partial charge in [-0.05, 0) is 30.9 Å². The topological polar surface area (TPSA) is 75.6 Å². The molecule has 0 saturated carbocycles. The highest BCUT2D eigenvalue weighted by molar-refractivity contribution is 7.99. The number of nitrogens with one attached hydrogen (secondary N) is 2. The average molecular weight is 355 g/mol. The van der Waals surface area contributed by atoms with Crippen molar-refractivity contribution in [3.8, 4) is 0 Å². The molecule has 0 atom stereocenters. The Hall–Kier alpha value is -2.12. The van der Waals surface area contributed by atoms with E-state index in [2.05, 4.69) is 38.7 Å². The summed E-state index contributed by atoms with van der Waals surface area (Å²) < 4.78 is 1.93. The maximum atomic E-state index is 12.5. The van der Waals surface area contributed by atoms with Gasteiger partial charge in [-0.2, -0.15) is 0 Å². The summed E-state index contributed by atoms with van der Waals surface area (Å²) in [5.41, 5.74) is 3.61. The minimum Gasteiger partial charge on any atom is -0.312 e. The Labute approximate surface area is 150 Å². The number of thioether (sulfide) groups is 1. The molecule has 25 heavy (non-hydrogen) atoms. The normalized spacial score (nSPS) is 13.5. The van der Waals surface area contributed by atoms with Gasteiger partial charge in [-0.25, -0.2) is 4.98 Å². The molecule has 0 saturated heterocycles. The van der Waals surface area contributed by atoms with Gasteiger partial charge in [0, 0.05) is 36.8 Å². The van der Waals surface area contributed by atoms with Crippen LogP contribution in [-0.2, 0) is 19.5 Å². The maximum absolute atomic E-state index is 12.5. The fraction of sp³-hybridized carbons (Fsp3) is 0.389. The fourth-order valence-corrected chi connectivity index (χ4v) is 4.15. The minimum absolute atomic E-state index is 0.113. The van der Waals surface area contributed by atoms with Crippen LogP contribution in [0.2, 0.25) is 0 Å². The summed E-state index contributed by atoms with van der Waals surface area (Å²) in [7, 11) is 0. The lowest BCUT2D eigenvalue weighted by Crippen LogP contribution is -2.26. The van der Waals surface area contributed by atoms with Crippen molar-refractivity contribution in [3.05, 3.63) is 51.6 Å². The van der Waals surface area contributed by atoms with Gasteiger partial charge in [0.2, 0.25) is 5.16 Å². The second kappa shape index (κ2) is 7.01. The number of H-pyrrole nitrogens is 1. The van der Waals surface area contributed by atoms with Crippen molar-refractivity contribution < 1.29 is 0 Å².